The van der Waals surface area contributed by atoms with Crippen LogP contribution in [0.2, 0.25) is 0 Å². The van der Waals surface area contributed by atoms with Crippen LogP contribution in [0.5, 0.6) is 0 Å². The van der Waals surface area contributed by atoms with Crippen LogP contribution < -0.4 is 0 Å². The molecule has 1 aromatic carbocycles. The van der Waals surface area contributed by atoms with E-state index in [1.54, 1.807) is 0 Å². The van der Waals surface area contributed by atoms with Crippen molar-refractivity contribution in [2.45, 2.75) is 58.7 Å². The van der Waals surface area contributed by atoms with Crippen LogP contribution in [-0.4, -0.2) is 78.3 Å². The predicted molar refractivity (Wildman–Crippen MR) is 124 cm³/mol. The Labute approximate surface area is 192 Å². The SMILES string of the molecule is CC(C)(C)OC(=O)N1CCN(CCCC2CCN(C(=O)OCc3ccccc3)CC2)CC1. The Hall–Kier alpha value is -2.28. The molecule has 0 unspecified atom stereocenters. The molecule has 1 aromatic rings. The van der Waals surface area contributed by atoms with E-state index in [4.69, 9.17) is 9.47 Å². The molecule has 0 aliphatic carbocycles. The highest BCUT2D eigenvalue weighted by Gasteiger charge is 2.26. The van der Waals surface area contributed by atoms with Gasteiger partial charge in [0.15, 0.2) is 0 Å². The fourth-order valence-electron chi connectivity index (χ4n) is 4.30. The number of hydrogen-bond acceptors (Lipinski definition) is 5. The van der Waals surface area contributed by atoms with Crippen LogP contribution in [0.3, 0.4) is 0 Å². The van der Waals surface area contributed by atoms with Gasteiger partial charge in [-0.15, -0.1) is 0 Å². The van der Waals surface area contributed by atoms with E-state index in [0.717, 1.165) is 70.6 Å². The summed E-state index contributed by atoms with van der Waals surface area (Å²) in [4.78, 5) is 30.6. The van der Waals surface area contributed by atoms with Crippen molar-refractivity contribution in [1.82, 2.24) is 14.7 Å². The third-order valence-corrected chi connectivity index (χ3v) is 6.19. The maximum Gasteiger partial charge on any atom is 0.410 e. The van der Waals surface area contributed by atoms with Gasteiger partial charge in [0.2, 0.25) is 0 Å². The minimum absolute atomic E-state index is 0.199. The summed E-state index contributed by atoms with van der Waals surface area (Å²) in [6, 6.07) is 9.80. The van der Waals surface area contributed by atoms with Crippen molar-refractivity contribution in [1.29, 1.82) is 0 Å². The van der Waals surface area contributed by atoms with Crippen LogP contribution in [0.1, 0.15) is 52.0 Å². The molecule has 7 heteroatoms. The number of ether oxygens (including phenoxy) is 2. The van der Waals surface area contributed by atoms with Crippen molar-refractivity contribution >= 4 is 12.2 Å². The predicted octanol–water partition coefficient (Wildman–Crippen LogP) is 4.37. The van der Waals surface area contributed by atoms with Crippen molar-refractivity contribution in [2.24, 2.45) is 5.92 Å². The number of piperazine rings is 1. The molecule has 2 aliphatic heterocycles. The largest absolute Gasteiger partial charge is 0.445 e. The summed E-state index contributed by atoms with van der Waals surface area (Å²) in [7, 11) is 0. The van der Waals surface area contributed by atoms with Gasteiger partial charge in [0.05, 0.1) is 0 Å². The zero-order valence-electron chi connectivity index (χ0n) is 19.9. The number of hydrogen-bond donors (Lipinski definition) is 0. The van der Waals surface area contributed by atoms with Gasteiger partial charge in [-0.1, -0.05) is 30.3 Å². The molecule has 178 valence electrons. The van der Waals surface area contributed by atoms with Crippen molar-refractivity contribution < 1.29 is 19.1 Å². The zero-order valence-corrected chi connectivity index (χ0v) is 19.9. The molecule has 0 radical (unpaired) electrons. The van der Waals surface area contributed by atoms with Gasteiger partial charge < -0.3 is 19.3 Å². The van der Waals surface area contributed by atoms with E-state index in [9.17, 15) is 9.59 Å². The number of likely N-dealkylation sites (tertiary alicyclic amines) is 1. The minimum atomic E-state index is -0.442. The van der Waals surface area contributed by atoms with Crippen LogP contribution in [-0.2, 0) is 16.1 Å². The first kappa shape index (κ1) is 24.4. The second-order valence-corrected chi connectivity index (χ2v) is 9.92. The molecule has 0 N–H and O–H groups in total. The monoisotopic (exact) mass is 445 g/mol. The van der Waals surface area contributed by atoms with Gasteiger partial charge in [-0.05, 0) is 64.5 Å². The topological polar surface area (TPSA) is 62.3 Å². The van der Waals surface area contributed by atoms with Crippen LogP contribution in [0.25, 0.3) is 0 Å². The minimum Gasteiger partial charge on any atom is -0.445 e. The molecule has 2 amide bonds. The molecule has 7 nitrogen and oxygen atoms in total. The summed E-state index contributed by atoms with van der Waals surface area (Å²) in [6.45, 7) is 12.0. The first-order valence-electron chi connectivity index (χ1n) is 12.0. The molecular formula is C25H39N3O4. The van der Waals surface area contributed by atoms with E-state index in [1.165, 1.54) is 6.42 Å². The average Bonchev–Trinajstić information content (AvgIpc) is 2.78. The molecule has 0 spiro atoms. The van der Waals surface area contributed by atoms with Crippen LogP contribution in [0, 0.1) is 5.92 Å². The Kier molecular flexibility index (Phi) is 8.79. The Morgan fingerprint density at radius 3 is 2.16 bits per heavy atom. The van der Waals surface area contributed by atoms with Crippen LogP contribution >= 0.6 is 0 Å². The second kappa shape index (κ2) is 11.5. The molecule has 3 rings (SSSR count). The lowest BCUT2D eigenvalue weighted by Gasteiger charge is -2.36. The third-order valence-electron chi connectivity index (χ3n) is 6.19. The Morgan fingerprint density at radius 2 is 1.53 bits per heavy atom. The average molecular weight is 446 g/mol. The lowest BCUT2D eigenvalue weighted by Crippen LogP contribution is -2.50. The normalized spacial score (nSPS) is 18.5. The maximum atomic E-state index is 12.3. The van der Waals surface area contributed by atoms with Gasteiger partial charge in [0.25, 0.3) is 0 Å². The van der Waals surface area contributed by atoms with E-state index in [1.807, 2.05) is 60.9 Å². The fraction of sp³-hybridized carbons (Fsp3) is 0.680. The van der Waals surface area contributed by atoms with Gasteiger partial charge in [0, 0.05) is 39.3 Å². The smallest absolute Gasteiger partial charge is 0.410 e. The van der Waals surface area contributed by atoms with Crippen LogP contribution in [0.15, 0.2) is 30.3 Å². The molecule has 2 fully saturated rings. The van der Waals surface area contributed by atoms with E-state index in [0.29, 0.717) is 12.5 Å². The van der Waals surface area contributed by atoms with Gasteiger partial charge >= 0.3 is 12.2 Å². The van der Waals surface area contributed by atoms with Crippen molar-refractivity contribution in [3.05, 3.63) is 35.9 Å². The summed E-state index contributed by atoms with van der Waals surface area (Å²) in [6.07, 6.45) is 4.05. The summed E-state index contributed by atoms with van der Waals surface area (Å²) >= 11 is 0. The maximum absolute atomic E-state index is 12.3. The Bertz CT molecular complexity index is 718. The highest BCUT2D eigenvalue weighted by Crippen LogP contribution is 2.23. The van der Waals surface area contributed by atoms with Crippen molar-refractivity contribution in [3.63, 3.8) is 0 Å². The Balaban J connectivity index is 1.26. The number of nitrogens with zero attached hydrogens (tertiary/aromatic N) is 3. The molecule has 0 saturated carbocycles. The lowest BCUT2D eigenvalue weighted by molar-refractivity contribution is 0.0143. The first-order chi connectivity index (χ1) is 15.3. The third kappa shape index (κ3) is 8.01. The zero-order chi connectivity index (χ0) is 23.0. The molecule has 2 heterocycles. The number of amides is 2. The Morgan fingerprint density at radius 1 is 0.906 bits per heavy atom. The standard InChI is InChI=1S/C25H39N3O4/c1-25(2,3)32-24(30)28-18-16-26(17-19-28)13-7-10-21-11-14-27(15-12-21)23(29)31-20-22-8-5-4-6-9-22/h4-6,8-9,21H,7,10-20H2,1-3H3. The van der Waals surface area contributed by atoms with E-state index < -0.39 is 5.60 Å². The van der Waals surface area contributed by atoms with E-state index >= 15 is 0 Å². The molecule has 0 aromatic heterocycles. The number of carbonyl (C=O) groups is 2. The molecule has 2 saturated heterocycles. The van der Waals surface area contributed by atoms with Crippen molar-refractivity contribution in [3.8, 4) is 0 Å². The molecule has 0 atom stereocenters. The van der Waals surface area contributed by atoms with Crippen molar-refractivity contribution in [2.75, 3.05) is 45.8 Å². The van der Waals surface area contributed by atoms with E-state index in [-0.39, 0.29) is 12.2 Å². The summed E-state index contributed by atoms with van der Waals surface area (Å²) < 4.78 is 10.9. The van der Waals surface area contributed by atoms with Crippen LogP contribution in [0.4, 0.5) is 9.59 Å². The van der Waals surface area contributed by atoms with E-state index in [2.05, 4.69) is 4.90 Å². The first-order valence-corrected chi connectivity index (χ1v) is 12.0. The quantitative estimate of drug-likeness (QED) is 0.651. The number of rotatable bonds is 6. The summed E-state index contributed by atoms with van der Waals surface area (Å²) in [5.74, 6) is 0.677. The van der Waals surface area contributed by atoms with Gasteiger partial charge in [-0.2, -0.15) is 0 Å². The summed E-state index contributed by atoms with van der Waals surface area (Å²) in [5, 5.41) is 0. The number of piperidine rings is 1. The molecular weight excluding hydrogens is 406 g/mol. The highest BCUT2D eigenvalue weighted by atomic mass is 16.6. The van der Waals surface area contributed by atoms with Gasteiger partial charge in [-0.25, -0.2) is 9.59 Å². The fourth-order valence-corrected chi connectivity index (χ4v) is 4.30. The van der Waals surface area contributed by atoms with Gasteiger partial charge in [-0.3, -0.25) is 4.90 Å². The molecule has 2 aliphatic rings. The molecule has 0 bridgehead atoms. The highest BCUT2D eigenvalue weighted by molar-refractivity contribution is 5.68. The second-order valence-electron chi connectivity index (χ2n) is 9.92. The number of benzene rings is 1. The lowest BCUT2D eigenvalue weighted by atomic mass is 9.92. The van der Waals surface area contributed by atoms with Gasteiger partial charge in [0.1, 0.15) is 12.2 Å². The summed E-state index contributed by atoms with van der Waals surface area (Å²) in [5.41, 5.74) is 0.574. The number of carbonyl (C=O) groups excluding carboxylic acids is 2. The molecule has 32 heavy (non-hydrogen) atoms.